The predicted octanol–water partition coefficient (Wildman–Crippen LogP) is 0.988. The summed E-state index contributed by atoms with van der Waals surface area (Å²) in [7, 11) is 0. The quantitative estimate of drug-likeness (QED) is 0.492. The number of benzene rings is 1. The van der Waals surface area contributed by atoms with Crippen molar-refractivity contribution in [1.82, 2.24) is 15.6 Å². The van der Waals surface area contributed by atoms with Crippen molar-refractivity contribution in [1.29, 1.82) is 0 Å². The number of carbonyl (C=O) groups is 2. The Hall–Kier alpha value is -3.13. The van der Waals surface area contributed by atoms with Gasteiger partial charge in [0, 0.05) is 18.7 Å². The number of nitrogen functional groups attached to an aromatic ring is 1. The smallest absolute Gasteiger partial charge is 0.253 e. The first-order valence-electron chi connectivity index (χ1n) is 9.68. The zero-order chi connectivity index (χ0) is 20.8. The van der Waals surface area contributed by atoms with Crippen LogP contribution >= 0.6 is 0 Å². The van der Waals surface area contributed by atoms with Gasteiger partial charge in [-0.2, -0.15) is 0 Å². The lowest BCUT2D eigenvalue weighted by Gasteiger charge is -2.33. The first-order valence-corrected chi connectivity index (χ1v) is 9.68. The summed E-state index contributed by atoms with van der Waals surface area (Å²) in [6.07, 6.45) is 2.68. The number of aromatic hydroxyl groups is 1. The van der Waals surface area contributed by atoms with Gasteiger partial charge in [-0.3, -0.25) is 9.59 Å². The molecule has 0 aliphatic heterocycles. The van der Waals surface area contributed by atoms with Gasteiger partial charge in [0.15, 0.2) is 0 Å². The third-order valence-corrected chi connectivity index (χ3v) is 5.20. The molecule has 8 heteroatoms. The highest BCUT2D eigenvalue weighted by atomic mass is 16.3. The normalized spacial score (nSPS) is 21.3. The summed E-state index contributed by atoms with van der Waals surface area (Å²) in [6, 6.07) is 9.58. The van der Waals surface area contributed by atoms with Crippen molar-refractivity contribution in [2.75, 3.05) is 12.3 Å². The van der Waals surface area contributed by atoms with E-state index in [1.807, 2.05) is 12.1 Å². The van der Waals surface area contributed by atoms with Crippen LogP contribution in [-0.4, -0.2) is 45.7 Å². The highest BCUT2D eigenvalue weighted by Gasteiger charge is 2.33. The molecule has 3 rings (SSSR count). The van der Waals surface area contributed by atoms with Crippen LogP contribution in [-0.2, 0) is 11.2 Å². The van der Waals surface area contributed by atoms with Crippen LogP contribution in [0.15, 0.2) is 42.6 Å². The van der Waals surface area contributed by atoms with Gasteiger partial charge in [-0.25, -0.2) is 4.98 Å². The number of nitrogens with two attached hydrogens (primary N) is 1. The molecular weight excluding hydrogens is 372 g/mol. The SMILES string of the molecule is Nc1ccc(C(=O)N[C@@H]2CC[C@H](C(=O)NCCc3ccc(O)cc3)C[C@H]2O)cn1. The number of amides is 2. The van der Waals surface area contributed by atoms with Crippen LogP contribution in [0.1, 0.15) is 35.2 Å². The highest BCUT2D eigenvalue weighted by Crippen LogP contribution is 2.25. The van der Waals surface area contributed by atoms with Crippen molar-refractivity contribution < 1.29 is 19.8 Å². The van der Waals surface area contributed by atoms with E-state index in [0.717, 1.165) is 5.56 Å². The Morgan fingerprint density at radius 3 is 2.55 bits per heavy atom. The van der Waals surface area contributed by atoms with Gasteiger partial charge < -0.3 is 26.6 Å². The van der Waals surface area contributed by atoms with Crippen LogP contribution in [0, 0.1) is 5.92 Å². The van der Waals surface area contributed by atoms with Gasteiger partial charge in [0.1, 0.15) is 11.6 Å². The summed E-state index contributed by atoms with van der Waals surface area (Å²) in [6.45, 7) is 0.487. The third kappa shape index (κ3) is 5.68. The van der Waals surface area contributed by atoms with Crippen molar-refractivity contribution in [2.24, 2.45) is 5.92 Å². The van der Waals surface area contributed by atoms with E-state index in [-0.39, 0.29) is 23.5 Å². The number of aliphatic hydroxyl groups excluding tert-OH is 1. The fraction of sp³-hybridized carbons (Fsp3) is 0.381. The van der Waals surface area contributed by atoms with Crippen LogP contribution < -0.4 is 16.4 Å². The molecule has 3 atom stereocenters. The van der Waals surface area contributed by atoms with Crippen LogP contribution in [0.5, 0.6) is 5.75 Å². The second kappa shape index (κ2) is 9.38. The van der Waals surface area contributed by atoms with Crippen LogP contribution in [0.25, 0.3) is 0 Å². The molecule has 1 heterocycles. The topological polar surface area (TPSA) is 138 Å². The van der Waals surface area contributed by atoms with E-state index in [1.165, 1.54) is 6.20 Å². The standard InChI is InChI=1S/C21H26N4O4/c22-19-8-4-15(12-24-19)21(29)25-17-7-3-14(11-18(17)27)20(28)23-10-9-13-1-5-16(26)6-2-13/h1-2,4-6,8,12,14,17-18,26-27H,3,7,9-11H2,(H2,22,24)(H,23,28)(H,25,29)/t14-,17+,18+/m0/s1. The van der Waals surface area contributed by atoms with Crippen molar-refractivity contribution in [3.63, 3.8) is 0 Å². The first-order chi connectivity index (χ1) is 13.9. The molecule has 0 unspecified atom stereocenters. The number of phenols is 1. The van der Waals surface area contributed by atoms with E-state index < -0.39 is 12.1 Å². The number of hydrogen-bond acceptors (Lipinski definition) is 6. The molecule has 0 saturated heterocycles. The van der Waals surface area contributed by atoms with E-state index >= 15 is 0 Å². The summed E-state index contributed by atoms with van der Waals surface area (Å²) < 4.78 is 0. The van der Waals surface area contributed by atoms with Crippen molar-refractivity contribution in [3.05, 3.63) is 53.7 Å². The fourth-order valence-corrected chi connectivity index (χ4v) is 3.48. The summed E-state index contributed by atoms with van der Waals surface area (Å²) in [5.41, 5.74) is 6.92. The maximum atomic E-state index is 12.4. The Bertz CT molecular complexity index is 839. The maximum Gasteiger partial charge on any atom is 0.253 e. The zero-order valence-electron chi connectivity index (χ0n) is 16.0. The number of nitrogens with one attached hydrogen (secondary N) is 2. The van der Waals surface area contributed by atoms with Gasteiger partial charge in [-0.15, -0.1) is 0 Å². The lowest BCUT2D eigenvalue weighted by molar-refractivity contribution is -0.127. The molecule has 154 valence electrons. The van der Waals surface area contributed by atoms with E-state index in [9.17, 15) is 19.8 Å². The van der Waals surface area contributed by atoms with Gasteiger partial charge >= 0.3 is 0 Å². The Balaban J connectivity index is 1.43. The number of aliphatic hydroxyl groups is 1. The molecule has 0 radical (unpaired) electrons. The molecule has 1 aromatic carbocycles. The number of rotatable bonds is 6. The number of hydrogen-bond donors (Lipinski definition) is 5. The average molecular weight is 398 g/mol. The summed E-state index contributed by atoms with van der Waals surface area (Å²) in [5.74, 6) is -0.147. The van der Waals surface area contributed by atoms with E-state index in [1.54, 1.807) is 24.3 Å². The molecule has 2 aromatic rings. The van der Waals surface area contributed by atoms with E-state index in [2.05, 4.69) is 15.6 Å². The molecule has 1 aliphatic rings. The number of anilines is 1. The lowest BCUT2D eigenvalue weighted by Crippen LogP contribution is -2.49. The number of nitrogens with zero attached hydrogens (tertiary/aromatic N) is 1. The molecule has 1 aliphatic carbocycles. The van der Waals surface area contributed by atoms with Crippen molar-refractivity contribution in [3.8, 4) is 5.75 Å². The Morgan fingerprint density at radius 2 is 1.90 bits per heavy atom. The largest absolute Gasteiger partial charge is 0.508 e. The molecule has 8 nitrogen and oxygen atoms in total. The monoisotopic (exact) mass is 398 g/mol. The number of carbonyl (C=O) groups excluding carboxylic acids is 2. The molecule has 6 N–H and O–H groups in total. The minimum atomic E-state index is -0.790. The molecular formula is C21H26N4O4. The van der Waals surface area contributed by atoms with E-state index in [4.69, 9.17) is 5.73 Å². The van der Waals surface area contributed by atoms with Crippen LogP contribution in [0.3, 0.4) is 0 Å². The number of phenolic OH excluding ortho intramolecular Hbond substituents is 1. The van der Waals surface area contributed by atoms with Gasteiger partial charge in [0.05, 0.1) is 17.7 Å². The molecule has 1 fully saturated rings. The lowest BCUT2D eigenvalue weighted by atomic mass is 9.83. The van der Waals surface area contributed by atoms with Crippen molar-refractivity contribution in [2.45, 2.75) is 37.8 Å². The first kappa shape index (κ1) is 20.6. The average Bonchev–Trinajstić information content (AvgIpc) is 2.71. The minimum absolute atomic E-state index is 0.0876. The van der Waals surface area contributed by atoms with Gasteiger partial charge in [-0.1, -0.05) is 12.1 Å². The van der Waals surface area contributed by atoms with Crippen LogP contribution in [0.2, 0.25) is 0 Å². The summed E-state index contributed by atoms with van der Waals surface area (Å²) in [4.78, 5) is 28.6. The molecule has 0 spiro atoms. The molecule has 0 bridgehead atoms. The third-order valence-electron chi connectivity index (χ3n) is 5.20. The number of aromatic nitrogens is 1. The Labute approximate surface area is 169 Å². The second-order valence-corrected chi connectivity index (χ2v) is 7.34. The summed E-state index contributed by atoms with van der Waals surface area (Å²) >= 11 is 0. The fourth-order valence-electron chi connectivity index (χ4n) is 3.48. The Kier molecular flexibility index (Phi) is 6.66. The predicted molar refractivity (Wildman–Crippen MR) is 108 cm³/mol. The van der Waals surface area contributed by atoms with E-state index in [0.29, 0.717) is 43.6 Å². The highest BCUT2D eigenvalue weighted by molar-refractivity contribution is 5.94. The molecule has 2 amide bonds. The summed E-state index contributed by atoms with van der Waals surface area (Å²) in [5, 5.41) is 25.4. The Morgan fingerprint density at radius 1 is 1.14 bits per heavy atom. The van der Waals surface area contributed by atoms with Crippen molar-refractivity contribution >= 4 is 17.6 Å². The zero-order valence-corrected chi connectivity index (χ0v) is 16.0. The van der Waals surface area contributed by atoms with Gasteiger partial charge in [-0.05, 0) is 55.5 Å². The minimum Gasteiger partial charge on any atom is -0.508 e. The second-order valence-electron chi connectivity index (χ2n) is 7.34. The maximum absolute atomic E-state index is 12.4. The molecule has 29 heavy (non-hydrogen) atoms. The molecule has 1 saturated carbocycles. The van der Waals surface area contributed by atoms with Gasteiger partial charge in [0.25, 0.3) is 5.91 Å². The van der Waals surface area contributed by atoms with Crippen LogP contribution in [0.4, 0.5) is 5.82 Å². The molecule has 1 aromatic heterocycles. The number of pyridine rings is 1. The van der Waals surface area contributed by atoms with Gasteiger partial charge in [0.2, 0.25) is 5.91 Å².